The number of nitrogens with one attached hydrogen (secondary N) is 1. The summed E-state index contributed by atoms with van der Waals surface area (Å²) in [5.41, 5.74) is 3.00. The first-order valence-electron chi connectivity index (χ1n) is 8.00. The van der Waals surface area contributed by atoms with Crippen molar-refractivity contribution in [3.05, 3.63) is 78.4 Å². The highest BCUT2D eigenvalue weighted by atomic mass is 16.5. The lowest BCUT2D eigenvalue weighted by Crippen LogP contribution is -2.14. The van der Waals surface area contributed by atoms with Crippen LogP contribution in [0.3, 0.4) is 0 Å². The molecule has 0 bridgehead atoms. The number of anilines is 1. The lowest BCUT2D eigenvalue weighted by Gasteiger charge is -2.12. The molecule has 2 aromatic carbocycles. The standard InChI is InChI=1S/C21H23NO3/c1-15(2)13-24-18-11-9-17(10-12-18)22-21(23)19-7-5-6-8-20(19)25-14-16(3)4/h5-12H,1,3,13-14H2,2,4H3,(H,22,23). The molecule has 0 fully saturated rings. The van der Waals surface area contributed by atoms with Crippen molar-refractivity contribution >= 4 is 11.6 Å². The minimum atomic E-state index is -0.229. The average molecular weight is 337 g/mol. The van der Waals surface area contributed by atoms with Gasteiger partial charge in [-0.25, -0.2) is 0 Å². The summed E-state index contributed by atoms with van der Waals surface area (Å²) < 4.78 is 11.2. The smallest absolute Gasteiger partial charge is 0.259 e. The van der Waals surface area contributed by atoms with Gasteiger partial charge in [0.2, 0.25) is 0 Å². The molecule has 0 radical (unpaired) electrons. The molecule has 0 unspecified atom stereocenters. The van der Waals surface area contributed by atoms with E-state index in [4.69, 9.17) is 9.47 Å². The maximum absolute atomic E-state index is 12.5. The summed E-state index contributed by atoms with van der Waals surface area (Å²) in [4.78, 5) is 12.5. The minimum Gasteiger partial charge on any atom is -0.489 e. The number of carbonyl (C=O) groups is 1. The van der Waals surface area contributed by atoms with Crippen molar-refractivity contribution in [2.75, 3.05) is 18.5 Å². The first kappa shape index (κ1) is 18.3. The number of para-hydroxylation sites is 1. The van der Waals surface area contributed by atoms with E-state index in [1.807, 2.05) is 32.0 Å². The molecule has 2 rings (SSSR count). The van der Waals surface area contributed by atoms with Crippen molar-refractivity contribution in [1.82, 2.24) is 0 Å². The van der Waals surface area contributed by atoms with Gasteiger partial charge in [0.05, 0.1) is 5.56 Å². The van der Waals surface area contributed by atoms with Gasteiger partial charge >= 0.3 is 0 Å². The third-order valence-electron chi connectivity index (χ3n) is 3.20. The molecular formula is C21H23NO3. The first-order valence-corrected chi connectivity index (χ1v) is 8.00. The fourth-order valence-electron chi connectivity index (χ4n) is 2.02. The van der Waals surface area contributed by atoms with Crippen LogP contribution in [0.4, 0.5) is 5.69 Å². The number of hydrogen-bond acceptors (Lipinski definition) is 3. The highest BCUT2D eigenvalue weighted by Crippen LogP contribution is 2.21. The second-order valence-corrected chi connectivity index (χ2v) is 5.97. The quantitative estimate of drug-likeness (QED) is 0.701. The maximum Gasteiger partial charge on any atom is 0.259 e. The summed E-state index contributed by atoms with van der Waals surface area (Å²) in [5, 5.41) is 2.86. The van der Waals surface area contributed by atoms with Crippen molar-refractivity contribution in [2.24, 2.45) is 0 Å². The fraction of sp³-hybridized carbons (Fsp3) is 0.190. The predicted octanol–water partition coefficient (Wildman–Crippen LogP) is 4.85. The van der Waals surface area contributed by atoms with Crippen LogP contribution in [0.2, 0.25) is 0 Å². The second-order valence-electron chi connectivity index (χ2n) is 5.97. The first-order chi connectivity index (χ1) is 12.0. The Morgan fingerprint density at radius 2 is 1.52 bits per heavy atom. The van der Waals surface area contributed by atoms with Crippen molar-refractivity contribution in [3.8, 4) is 11.5 Å². The van der Waals surface area contributed by atoms with E-state index < -0.39 is 0 Å². The normalized spacial score (nSPS) is 10.0. The van der Waals surface area contributed by atoms with Gasteiger partial charge in [-0.05, 0) is 61.4 Å². The Morgan fingerprint density at radius 3 is 2.16 bits per heavy atom. The van der Waals surface area contributed by atoms with Crippen LogP contribution in [0.15, 0.2) is 72.8 Å². The van der Waals surface area contributed by atoms with Gasteiger partial charge in [-0.3, -0.25) is 4.79 Å². The second kappa shape index (κ2) is 8.73. The van der Waals surface area contributed by atoms with Crippen molar-refractivity contribution < 1.29 is 14.3 Å². The van der Waals surface area contributed by atoms with Crippen molar-refractivity contribution in [3.63, 3.8) is 0 Å². The van der Waals surface area contributed by atoms with Crippen LogP contribution in [0.1, 0.15) is 24.2 Å². The number of rotatable bonds is 8. The van der Waals surface area contributed by atoms with Gasteiger partial charge in [0, 0.05) is 5.69 Å². The molecular weight excluding hydrogens is 314 g/mol. The Morgan fingerprint density at radius 1 is 0.920 bits per heavy atom. The van der Waals surface area contributed by atoms with Gasteiger partial charge in [-0.15, -0.1) is 0 Å². The van der Waals surface area contributed by atoms with Crippen LogP contribution in [-0.2, 0) is 0 Å². The summed E-state index contributed by atoms with van der Waals surface area (Å²) in [7, 11) is 0. The zero-order valence-electron chi connectivity index (χ0n) is 14.7. The van der Waals surface area contributed by atoms with Gasteiger partial charge in [0.15, 0.2) is 0 Å². The highest BCUT2D eigenvalue weighted by Gasteiger charge is 2.12. The number of hydrogen-bond donors (Lipinski definition) is 1. The molecule has 0 aliphatic heterocycles. The van der Waals surface area contributed by atoms with Gasteiger partial charge < -0.3 is 14.8 Å². The van der Waals surface area contributed by atoms with E-state index in [1.54, 1.807) is 30.3 Å². The van der Waals surface area contributed by atoms with Gasteiger partial charge in [0.1, 0.15) is 24.7 Å². The Balaban J connectivity index is 2.04. The van der Waals surface area contributed by atoms with Crippen LogP contribution < -0.4 is 14.8 Å². The number of benzene rings is 2. The van der Waals surface area contributed by atoms with Gasteiger partial charge in [0.25, 0.3) is 5.91 Å². The molecule has 0 saturated heterocycles. The molecule has 4 heteroatoms. The van der Waals surface area contributed by atoms with Crippen molar-refractivity contribution in [2.45, 2.75) is 13.8 Å². The predicted molar refractivity (Wildman–Crippen MR) is 101 cm³/mol. The Labute approximate surface area is 148 Å². The lowest BCUT2D eigenvalue weighted by molar-refractivity contribution is 0.102. The Kier molecular flexibility index (Phi) is 6.40. The number of ether oxygens (including phenoxy) is 2. The molecule has 0 aliphatic rings. The van der Waals surface area contributed by atoms with E-state index >= 15 is 0 Å². The van der Waals surface area contributed by atoms with E-state index in [2.05, 4.69) is 18.5 Å². The van der Waals surface area contributed by atoms with Crippen LogP contribution in [0, 0.1) is 0 Å². The lowest BCUT2D eigenvalue weighted by atomic mass is 10.2. The molecule has 1 N–H and O–H groups in total. The third-order valence-corrected chi connectivity index (χ3v) is 3.20. The van der Waals surface area contributed by atoms with Gasteiger partial charge in [-0.1, -0.05) is 25.3 Å². The van der Waals surface area contributed by atoms with E-state index in [9.17, 15) is 4.79 Å². The molecule has 0 aromatic heterocycles. The largest absolute Gasteiger partial charge is 0.489 e. The van der Waals surface area contributed by atoms with Crippen LogP contribution in [-0.4, -0.2) is 19.1 Å². The molecule has 0 atom stereocenters. The molecule has 0 spiro atoms. The van der Waals surface area contributed by atoms with Gasteiger partial charge in [-0.2, -0.15) is 0 Å². The maximum atomic E-state index is 12.5. The molecule has 0 saturated carbocycles. The van der Waals surface area contributed by atoms with Crippen LogP contribution in [0.25, 0.3) is 0 Å². The van der Waals surface area contributed by atoms with Crippen LogP contribution >= 0.6 is 0 Å². The highest BCUT2D eigenvalue weighted by molar-refractivity contribution is 6.06. The Hall–Kier alpha value is -3.01. The van der Waals surface area contributed by atoms with E-state index in [-0.39, 0.29) is 5.91 Å². The minimum absolute atomic E-state index is 0.229. The average Bonchev–Trinajstić information content (AvgIpc) is 2.59. The van der Waals surface area contributed by atoms with Crippen LogP contribution in [0.5, 0.6) is 11.5 Å². The topological polar surface area (TPSA) is 47.6 Å². The number of carbonyl (C=O) groups excluding carboxylic acids is 1. The molecule has 130 valence electrons. The summed E-state index contributed by atoms with van der Waals surface area (Å²) >= 11 is 0. The summed E-state index contributed by atoms with van der Waals surface area (Å²) in [5.74, 6) is 1.03. The number of amides is 1. The third kappa shape index (κ3) is 5.84. The summed E-state index contributed by atoms with van der Waals surface area (Å²) in [6.45, 7) is 12.2. The zero-order chi connectivity index (χ0) is 18.2. The zero-order valence-corrected chi connectivity index (χ0v) is 14.7. The molecule has 4 nitrogen and oxygen atoms in total. The fourth-order valence-corrected chi connectivity index (χ4v) is 2.02. The molecule has 25 heavy (non-hydrogen) atoms. The Bertz CT molecular complexity index is 763. The summed E-state index contributed by atoms with van der Waals surface area (Å²) in [6, 6.07) is 14.3. The van der Waals surface area contributed by atoms with E-state index in [0.717, 1.165) is 16.9 Å². The molecule has 2 aromatic rings. The summed E-state index contributed by atoms with van der Waals surface area (Å²) in [6.07, 6.45) is 0. The molecule has 1 amide bonds. The SMILES string of the molecule is C=C(C)COc1ccc(NC(=O)c2ccccc2OCC(=C)C)cc1. The van der Waals surface area contributed by atoms with E-state index in [0.29, 0.717) is 30.2 Å². The molecule has 0 aliphatic carbocycles. The van der Waals surface area contributed by atoms with E-state index in [1.165, 1.54) is 0 Å². The monoisotopic (exact) mass is 337 g/mol. The van der Waals surface area contributed by atoms with Crippen molar-refractivity contribution in [1.29, 1.82) is 0 Å². The molecule has 0 heterocycles.